The molecule has 0 spiro atoms. The normalized spacial score (nSPS) is 10.4. The number of halogens is 3. The predicted molar refractivity (Wildman–Crippen MR) is 75.8 cm³/mol. The van der Waals surface area contributed by atoms with E-state index in [0.717, 1.165) is 20.9 Å². The van der Waals surface area contributed by atoms with Crippen molar-refractivity contribution in [1.82, 2.24) is 4.98 Å². The van der Waals surface area contributed by atoms with Gasteiger partial charge in [-0.25, -0.2) is 9.37 Å². The van der Waals surface area contributed by atoms with Gasteiger partial charge in [-0.3, -0.25) is 0 Å². The SMILES string of the molecule is Cc1cc(CBr)cnc1Oc1cc(Br)ccc1F. The molecule has 0 aliphatic carbocycles. The van der Waals surface area contributed by atoms with Gasteiger partial charge < -0.3 is 4.74 Å². The summed E-state index contributed by atoms with van der Waals surface area (Å²) >= 11 is 6.63. The van der Waals surface area contributed by atoms with Crippen molar-refractivity contribution in [3.05, 3.63) is 51.9 Å². The number of aryl methyl sites for hydroxylation is 1. The summed E-state index contributed by atoms with van der Waals surface area (Å²) in [7, 11) is 0. The Hall–Kier alpha value is -0.940. The molecule has 0 radical (unpaired) electrons. The molecule has 0 fully saturated rings. The number of nitrogens with zero attached hydrogens (tertiary/aromatic N) is 1. The fourth-order valence-electron chi connectivity index (χ4n) is 1.46. The number of pyridine rings is 1. The average Bonchev–Trinajstić information content (AvgIpc) is 2.36. The van der Waals surface area contributed by atoms with Gasteiger partial charge in [-0.15, -0.1) is 0 Å². The van der Waals surface area contributed by atoms with Crippen molar-refractivity contribution in [1.29, 1.82) is 0 Å². The maximum absolute atomic E-state index is 13.6. The van der Waals surface area contributed by atoms with Crippen molar-refractivity contribution in [2.45, 2.75) is 12.3 Å². The van der Waals surface area contributed by atoms with Crippen LogP contribution in [0.15, 0.2) is 34.9 Å². The van der Waals surface area contributed by atoms with Gasteiger partial charge in [0, 0.05) is 21.6 Å². The van der Waals surface area contributed by atoms with Gasteiger partial charge in [0.05, 0.1) is 0 Å². The number of ether oxygens (including phenoxy) is 1. The van der Waals surface area contributed by atoms with Crippen molar-refractivity contribution in [2.75, 3.05) is 0 Å². The Labute approximate surface area is 121 Å². The first kappa shape index (κ1) is 13.5. The topological polar surface area (TPSA) is 22.1 Å². The molecular weight excluding hydrogens is 365 g/mol. The van der Waals surface area contributed by atoms with E-state index in [-0.39, 0.29) is 5.75 Å². The highest BCUT2D eigenvalue weighted by Gasteiger charge is 2.09. The molecule has 2 rings (SSSR count). The summed E-state index contributed by atoms with van der Waals surface area (Å²) in [6, 6.07) is 6.50. The second kappa shape index (κ2) is 5.80. The van der Waals surface area contributed by atoms with Crippen LogP contribution in [-0.4, -0.2) is 4.98 Å². The van der Waals surface area contributed by atoms with Crippen LogP contribution < -0.4 is 4.74 Å². The number of hydrogen-bond donors (Lipinski definition) is 0. The standard InChI is InChI=1S/C13H10Br2FNO/c1-8-4-9(6-14)7-17-13(8)18-12-5-10(15)2-3-11(12)16/h2-5,7H,6H2,1H3. The van der Waals surface area contributed by atoms with Crippen LogP contribution in [0.1, 0.15) is 11.1 Å². The van der Waals surface area contributed by atoms with Crippen LogP contribution in [0.2, 0.25) is 0 Å². The van der Waals surface area contributed by atoms with Crippen LogP contribution in [0.3, 0.4) is 0 Å². The average molecular weight is 375 g/mol. The summed E-state index contributed by atoms with van der Waals surface area (Å²) in [5.74, 6) is 0.159. The molecule has 0 unspecified atom stereocenters. The first-order chi connectivity index (χ1) is 8.60. The van der Waals surface area contributed by atoms with E-state index in [4.69, 9.17) is 4.74 Å². The van der Waals surface area contributed by atoms with Gasteiger partial charge in [-0.05, 0) is 36.8 Å². The molecule has 2 nitrogen and oxygen atoms in total. The third-order valence-corrected chi connectivity index (χ3v) is 3.48. The Bertz CT molecular complexity index is 575. The van der Waals surface area contributed by atoms with Gasteiger partial charge in [0.2, 0.25) is 5.88 Å². The Morgan fingerprint density at radius 3 is 2.78 bits per heavy atom. The second-order valence-corrected chi connectivity index (χ2v) is 5.25. The molecule has 0 atom stereocenters. The number of rotatable bonds is 3. The molecule has 5 heteroatoms. The molecule has 18 heavy (non-hydrogen) atoms. The van der Waals surface area contributed by atoms with Gasteiger partial charge in [-0.1, -0.05) is 31.9 Å². The molecule has 0 saturated heterocycles. The van der Waals surface area contributed by atoms with Crippen molar-refractivity contribution in [3.63, 3.8) is 0 Å². The largest absolute Gasteiger partial charge is 0.436 e. The fourth-order valence-corrected chi connectivity index (χ4v) is 2.11. The van der Waals surface area contributed by atoms with E-state index in [1.54, 1.807) is 18.3 Å². The van der Waals surface area contributed by atoms with E-state index < -0.39 is 5.82 Å². The minimum atomic E-state index is -0.413. The third-order valence-electron chi connectivity index (χ3n) is 2.34. The highest BCUT2D eigenvalue weighted by atomic mass is 79.9. The minimum absolute atomic E-state index is 0.159. The number of alkyl halides is 1. The van der Waals surface area contributed by atoms with Crippen LogP contribution in [0, 0.1) is 12.7 Å². The van der Waals surface area contributed by atoms with Crippen molar-refractivity contribution >= 4 is 31.9 Å². The number of aromatic nitrogens is 1. The summed E-state index contributed by atoms with van der Waals surface area (Å²) in [6.07, 6.45) is 1.70. The van der Waals surface area contributed by atoms with Gasteiger partial charge in [0.1, 0.15) is 0 Å². The summed E-state index contributed by atoms with van der Waals surface area (Å²) < 4.78 is 19.8. The van der Waals surface area contributed by atoms with Crippen LogP contribution >= 0.6 is 31.9 Å². The van der Waals surface area contributed by atoms with Crippen LogP contribution in [0.5, 0.6) is 11.6 Å². The lowest BCUT2D eigenvalue weighted by molar-refractivity contribution is 0.424. The Balaban J connectivity index is 2.31. The molecule has 2 aromatic rings. The van der Waals surface area contributed by atoms with E-state index in [9.17, 15) is 4.39 Å². The molecule has 0 bridgehead atoms. The molecule has 94 valence electrons. The Morgan fingerprint density at radius 2 is 2.11 bits per heavy atom. The van der Waals surface area contributed by atoms with E-state index in [2.05, 4.69) is 36.8 Å². The zero-order valence-electron chi connectivity index (χ0n) is 9.58. The van der Waals surface area contributed by atoms with E-state index in [1.807, 2.05) is 13.0 Å². The molecule has 0 amide bonds. The molecule has 1 aromatic heterocycles. The molecule has 1 heterocycles. The van der Waals surface area contributed by atoms with Crippen molar-refractivity contribution in [2.24, 2.45) is 0 Å². The highest BCUT2D eigenvalue weighted by molar-refractivity contribution is 9.10. The van der Waals surface area contributed by atoms with Crippen molar-refractivity contribution in [3.8, 4) is 11.6 Å². The van der Waals surface area contributed by atoms with Gasteiger partial charge >= 0.3 is 0 Å². The Morgan fingerprint density at radius 1 is 1.33 bits per heavy atom. The van der Waals surface area contributed by atoms with Gasteiger partial charge in [0.25, 0.3) is 0 Å². The number of benzene rings is 1. The summed E-state index contributed by atoms with van der Waals surface area (Å²) in [5.41, 5.74) is 1.92. The maximum atomic E-state index is 13.6. The number of hydrogen-bond acceptors (Lipinski definition) is 2. The zero-order valence-corrected chi connectivity index (χ0v) is 12.8. The predicted octanol–water partition coefficient (Wildman–Crippen LogP) is 4.98. The lowest BCUT2D eigenvalue weighted by atomic mass is 10.2. The van der Waals surface area contributed by atoms with E-state index in [1.165, 1.54) is 6.07 Å². The molecule has 0 aliphatic rings. The third kappa shape index (κ3) is 3.09. The van der Waals surface area contributed by atoms with Gasteiger partial charge in [0.15, 0.2) is 11.6 Å². The van der Waals surface area contributed by atoms with E-state index >= 15 is 0 Å². The quantitative estimate of drug-likeness (QED) is 0.707. The van der Waals surface area contributed by atoms with Crippen LogP contribution in [0.25, 0.3) is 0 Å². The maximum Gasteiger partial charge on any atom is 0.222 e. The van der Waals surface area contributed by atoms with Crippen molar-refractivity contribution < 1.29 is 9.13 Å². The first-order valence-corrected chi connectivity index (χ1v) is 7.16. The second-order valence-electron chi connectivity index (χ2n) is 3.78. The lowest BCUT2D eigenvalue weighted by Gasteiger charge is -2.09. The van der Waals surface area contributed by atoms with Crippen LogP contribution in [0.4, 0.5) is 4.39 Å². The van der Waals surface area contributed by atoms with Crippen LogP contribution in [-0.2, 0) is 5.33 Å². The highest BCUT2D eigenvalue weighted by Crippen LogP contribution is 2.28. The summed E-state index contributed by atoms with van der Waals surface area (Å²) in [6.45, 7) is 1.88. The smallest absolute Gasteiger partial charge is 0.222 e. The minimum Gasteiger partial charge on any atom is -0.436 e. The molecule has 1 aromatic carbocycles. The zero-order chi connectivity index (χ0) is 13.1. The monoisotopic (exact) mass is 373 g/mol. The molecule has 0 saturated carbocycles. The lowest BCUT2D eigenvalue weighted by Crippen LogP contribution is -1.95. The van der Waals surface area contributed by atoms with E-state index in [0.29, 0.717) is 5.88 Å². The summed E-state index contributed by atoms with van der Waals surface area (Å²) in [4.78, 5) is 4.18. The summed E-state index contributed by atoms with van der Waals surface area (Å²) in [5, 5.41) is 0.729. The molecular formula is C13H10Br2FNO. The van der Waals surface area contributed by atoms with Gasteiger partial charge in [-0.2, -0.15) is 0 Å². The Kier molecular flexibility index (Phi) is 4.35. The first-order valence-electron chi connectivity index (χ1n) is 5.24. The molecule has 0 aliphatic heterocycles. The molecule has 0 N–H and O–H groups in total. The fraction of sp³-hybridized carbons (Fsp3) is 0.154.